The van der Waals surface area contributed by atoms with E-state index in [4.69, 9.17) is 9.47 Å². The normalized spacial score (nSPS) is 10.2. The highest BCUT2D eigenvalue weighted by molar-refractivity contribution is 5.92. The Bertz CT molecular complexity index is 365. The molecule has 5 heteroatoms. The SMILES string of the molecule is CCNCC(=O)Nc1ccc(OCCOCC)cc1. The van der Waals surface area contributed by atoms with Gasteiger partial charge in [0.2, 0.25) is 5.91 Å². The molecule has 0 aromatic heterocycles. The van der Waals surface area contributed by atoms with Crippen molar-refractivity contribution in [3.63, 3.8) is 0 Å². The minimum Gasteiger partial charge on any atom is -0.491 e. The van der Waals surface area contributed by atoms with Gasteiger partial charge in [-0.1, -0.05) is 6.92 Å². The number of anilines is 1. The molecule has 0 aliphatic rings. The first-order valence-electron chi connectivity index (χ1n) is 6.57. The molecule has 1 aromatic carbocycles. The van der Waals surface area contributed by atoms with Crippen molar-refractivity contribution in [1.29, 1.82) is 0 Å². The van der Waals surface area contributed by atoms with Crippen LogP contribution in [0.4, 0.5) is 5.69 Å². The van der Waals surface area contributed by atoms with Gasteiger partial charge in [0, 0.05) is 12.3 Å². The lowest BCUT2D eigenvalue weighted by Crippen LogP contribution is -2.27. The second kappa shape index (κ2) is 9.35. The Labute approximate surface area is 114 Å². The molecule has 1 rings (SSSR count). The first kappa shape index (κ1) is 15.5. The van der Waals surface area contributed by atoms with Gasteiger partial charge < -0.3 is 20.1 Å². The molecular weight excluding hydrogens is 244 g/mol. The van der Waals surface area contributed by atoms with Crippen molar-refractivity contribution in [3.8, 4) is 5.75 Å². The summed E-state index contributed by atoms with van der Waals surface area (Å²) < 4.78 is 10.7. The molecule has 2 N–H and O–H groups in total. The Kier molecular flexibility index (Phi) is 7.62. The number of hydrogen-bond donors (Lipinski definition) is 2. The number of benzene rings is 1. The first-order chi connectivity index (χ1) is 9.26. The van der Waals surface area contributed by atoms with Crippen LogP contribution < -0.4 is 15.4 Å². The molecular formula is C14H22N2O3. The van der Waals surface area contributed by atoms with E-state index in [1.807, 2.05) is 38.1 Å². The molecule has 0 fully saturated rings. The molecule has 0 heterocycles. The molecule has 0 aliphatic heterocycles. The largest absolute Gasteiger partial charge is 0.491 e. The lowest BCUT2D eigenvalue weighted by Gasteiger charge is -2.08. The molecule has 1 aromatic rings. The highest BCUT2D eigenvalue weighted by Crippen LogP contribution is 2.15. The standard InChI is InChI=1S/C14H22N2O3/c1-3-15-11-14(17)16-12-5-7-13(8-6-12)19-10-9-18-4-2/h5-8,15H,3-4,9-11H2,1-2H3,(H,16,17). The number of carbonyl (C=O) groups is 1. The van der Waals surface area contributed by atoms with Gasteiger partial charge in [-0.2, -0.15) is 0 Å². The van der Waals surface area contributed by atoms with Gasteiger partial charge in [0.25, 0.3) is 0 Å². The van der Waals surface area contributed by atoms with Gasteiger partial charge in [0.15, 0.2) is 0 Å². The van der Waals surface area contributed by atoms with Crippen LogP contribution in [0.1, 0.15) is 13.8 Å². The van der Waals surface area contributed by atoms with Gasteiger partial charge in [-0.3, -0.25) is 4.79 Å². The fourth-order valence-electron chi connectivity index (χ4n) is 1.44. The van der Waals surface area contributed by atoms with Gasteiger partial charge in [0.1, 0.15) is 12.4 Å². The van der Waals surface area contributed by atoms with Crippen LogP contribution in [0.25, 0.3) is 0 Å². The van der Waals surface area contributed by atoms with E-state index in [-0.39, 0.29) is 5.91 Å². The monoisotopic (exact) mass is 266 g/mol. The summed E-state index contributed by atoms with van der Waals surface area (Å²) in [7, 11) is 0. The fraction of sp³-hybridized carbons (Fsp3) is 0.500. The Morgan fingerprint density at radius 3 is 2.53 bits per heavy atom. The quantitative estimate of drug-likeness (QED) is 0.667. The van der Waals surface area contributed by atoms with E-state index in [0.29, 0.717) is 26.4 Å². The third-order valence-corrected chi connectivity index (χ3v) is 2.37. The predicted octanol–water partition coefficient (Wildman–Crippen LogP) is 1.65. The summed E-state index contributed by atoms with van der Waals surface area (Å²) in [6, 6.07) is 7.29. The zero-order valence-corrected chi connectivity index (χ0v) is 11.6. The van der Waals surface area contributed by atoms with Crippen molar-refractivity contribution in [2.45, 2.75) is 13.8 Å². The molecule has 0 saturated carbocycles. The minimum atomic E-state index is -0.0492. The van der Waals surface area contributed by atoms with E-state index in [9.17, 15) is 4.79 Å². The van der Waals surface area contributed by atoms with Gasteiger partial charge in [0.05, 0.1) is 13.2 Å². The Morgan fingerprint density at radius 1 is 1.16 bits per heavy atom. The summed E-state index contributed by atoms with van der Waals surface area (Å²) in [5.74, 6) is 0.719. The molecule has 0 saturated heterocycles. The number of carbonyl (C=O) groups excluding carboxylic acids is 1. The van der Waals surface area contributed by atoms with E-state index < -0.39 is 0 Å². The van der Waals surface area contributed by atoms with Crippen LogP contribution in [0.5, 0.6) is 5.75 Å². The van der Waals surface area contributed by atoms with E-state index in [1.54, 1.807) is 0 Å². The van der Waals surface area contributed by atoms with Crippen molar-refractivity contribution in [2.24, 2.45) is 0 Å². The molecule has 0 radical (unpaired) electrons. The zero-order valence-electron chi connectivity index (χ0n) is 11.6. The number of rotatable bonds is 9. The molecule has 0 spiro atoms. The van der Waals surface area contributed by atoms with E-state index in [0.717, 1.165) is 18.0 Å². The first-order valence-corrected chi connectivity index (χ1v) is 6.57. The second-order valence-corrected chi connectivity index (χ2v) is 3.90. The Balaban J connectivity index is 2.32. The summed E-state index contributed by atoms with van der Waals surface area (Å²) in [5.41, 5.74) is 0.764. The van der Waals surface area contributed by atoms with Crippen molar-refractivity contribution < 1.29 is 14.3 Å². The highest BCUT2D eigenvalue weighted by Gasteiger charge is 2.01. The lowest BCUT2D eigenvalue weighted by molar-refractivity contribution is -0.115. The van der Waals surface area contributed by atoms with Crippen molar-refractivity contribution in [2.75, 3.05) is 38.2 Å². The van der Waals surface area contributed by atoms with Crippen LogP contribution in [0.2, 0.25) is 0 Å². The van der Waals surface area contributed by atoms with Gasteiger partial charge in [-0.05, 0) is 37.7 Å². The minimum absolute atomic E-state index is 0.0492. The summed E-state index contributed by atoms with van der Waals surface area (Å²) >= 11 is 0. The second-order valence-electron chi connectivity index (χ2n) is 3.90. The number of ether oxygens (including phenoxy) is 2. The van der Waals surface area contributed by atoms with Crippen LogP contribution in [0.15, 0.2) is 24.3 Å². The van der Waals surface area contributed by atoms with Gasteiger partial charge in [-0.15, -0.1) is 0 Å². The molecule has 0 bridgehead atoms. The Hall–Kier alpha value is -1.59. The fourth-order valence-corrected chi connectivity index (χ4v) is 1.44. The summed E-state index contributed by atoms with van der Waals surface area (Å²) in [5, 5.41) is 5.77. The van der Waals surface area contributed by atoms with Crippen LogP contribution in [0, 0.1) is 0 Å². The lowest BCUT2D eigenvalue weighted by atomic mass is 10.3. The highest BCUT2D eigenvalue weighted by atomic mass is 16.5. The van der Waals surface area contributed by atoms with E-state index >= 15 is 0 Å². The van der Waals surface area contributed by atoms with Crippen LogP contribution >= 0.6 is 0 Å². The average Bonchev–Trinajstić information content (AvgIpc) is 2.43. The topological polar surface area (TPSA) is 59.6 Å². The summed E-state index contributed by atoms with van der Waals surface area (Å²) in [6.07, 6.45) is 0. The molecule has 0 unspecified atom stereocenters. The zero-order chi connectivity index (χ0) is 13.9. The third kappa shape index (κ3) is 6.79. The smallest absolute Gasteiger partial charge is 0.238 e. The Morgan fingerprint density at radius 2 is 1.89 bits per heavy atom. The number of nitrogens with one attached hydrogen (secondary N) is 2. The van der Waals surface area contributed by atoms with Crippen molar-refractivity contribution >= 4 is 11.6 Å². The van der Waals surface area contributed by atoms with Crippen molar-refractivity contribution in [3.05, 3.63) is 24.3 Å². The third-order valence-electron chi connectivity index (χ3n) is 2.37. The molecule has 5 nitrogen and oxygen atoms in total. The molecule has 19 heavy (non-hydrogen) atoms. The van der Waals surface area contributed by atoms with E-state index in [2.05, 4.69) is 10.6 Å². The summed E-state index contributed by atoms with van der Waals surface area (Å²) in [4.78, 5) is 11.5. The van der Waals surface area contributed by atoms with E-state index in [1.165, 1.54) is 0 Å². The summed E-state index contributed by atoms with van der Waals surface area (Å²) in [6.45, 7) is 6.81. The molecule has 106 valence electrons. The van der Waals surface area contributed by atoms with Gasteiger partial charge >= 0.3 is 0 Å². The number of likely N-dealkylation sites (N-methyl/N-ethyl adjacent to an activating group) is 1. The maximum atomic E-state index is 11.5. The molecule has 0 atom stereocenters. The molecule has 0 aliphatic carbocycles. The van der Waals surface area contributed by atoms with Crippen LogP contribution in [-0.4, -0.2) is 38.8 Å². The number of amides is 1. The van der Waals surface area contributed by atoms with Crippen LogP contribution in [-0.2, 0) is 9.53 Å². The van der Waals surface area contributed by atoms with Gasteiger partial charge in [-0.25, -0.2) is 0 Å². The number of hydrogen-bond acceptors (Lipinski definition) is 4. The maximum Gasteiger partial charge on any atom is 0.238 e. The predicted molar refractivity (Wildman–Crippen MR) is 75.6 cm³/mol. The molecule has 1 amide bonds. The van der Waals surface area contributed by atoms with Crippen molar-refractivity contribution in [1.82, 2.24) is 5.32 Å². The average molecular weight is 266 g/mol. The maximum absolute atomic E-state index is 11.5. The van der Waals surface area contributed by atoms with Crippen LogP contribution in [0.3, 0.4) is 0 Å².